The van der Waals surface area contributed by atoms with Crippen LogP contribution in [-0.2, 0) is 14.4 Å². The molecule has 2 aliphatic rings. The summed E-state index contributed by atoms with van der Waals surface area (Å²) in [5.74, 6) is -0.500. The Morgan fingerprint density at radius 3 is 2.42 bits per heavy atom. The zero-order chi connectivity index (χ0) is 32.5. The van der Waals surface area contributed by atoms with Gasteiger partial charge in [0.25, 0.3) is 0 Å². The number of nitrogens with one attached hydrogen (secondary N) is 1. The lowest BCUT2D eigenvalue weighted by atomic mass is 9.85. The maximum absolute atomic E-state index is 11.8. The number of unbranched alkanes of at least 4 members (excludes halogenated alkanes) is 1. The molecule has 43 heavy (non-hydrogen) atoms. The first-order valence-electron chi connectivity index (χ1n) is 14.2. The summed E-state index contributed by atoms with van der Waals surface area (Å²) in [6, 6.07) is 5.20. The second-order valence-corrected chi connectivity index (χ2v) is 10.1. The fraction of sp³-hybridized carbons (Fsp3) is 0.364. The van der Waals surface area contributed by atoms with E-state index in [0.29, 0.717) is 25.0 Å². The largest absolute Gasteiger partial charge is 0.480 e. The van der Waals surface area contributed by atoms with Crippen molar-refractivity contribution in [3.8, 4) is 5.75 Å². The highest BCUT2D eigenvalue weighted by Gasteiger charge is 2.28. The predicted octanol–water partition coefficient (Wildman–Crippen LogP) is 3.40. The number of hydrogen-bond donors (Lipinski definition) is 5. The van der Waals surface area contributed by atoms with Crippen molar-refractivity contribution in [3.63, 3.8) is 0 Å². The number of quaternary nitrogens is 1. The number of carboxylic acids is 2. The summed E-state index contributed by atoms with van der Waals surface area (Å²) in [6.45, 7) is 7.37. The molecule has 0 saturated carbocycles. The van der Waals surface area contributed by atoms with Gasteiger partial charge in [0.2, 0.25) is 5.91 Å². The van der Waals surface area contributed by atoms with E-state index in [1.165, 1.54) is 6.92 Å². The minimum atomic E-state index is -0.973. The van der Waals surface area contributed by atoms with Gasteiger partial charge in [-0.2, -0.15) is 0 Å². The first-order valence-corrected chi connectivity index (χ1v) is 14.2. The molecule has 1 aromatic rings. The zero-order valence-corrected chi connectivity index (χ0v) is 26.1. The normalized spacial score (nSPS) is 14.3. The summed E-state index contributed by atoms with van der Waals surface area (Å²) in [7, 11) is 7.95. The van der Waals surface area contributed by atoms with Gasteiger partial charge in [-0.25, -0.2) is 4.79 Å². The quantitative estimate of drug-likeness (QED) is 0.148. The number of carbonyl (C=O) groups excluding carboxylic acids is 1. The molecule has 1 atom stereocenters. The predicted molar refractivity (Wildman–Crippen MR) is 172 cm³/mol. The number of ether oxygens (including phenoxy) is 1. The fourth-order valence-corrected chi connectivity index (χ4v) is 4.04. The van der Waals surface area contributed by atoms with E-state index in [1.54, 1.807) is 25.2 Å². The second-order valence-electron chi connectivity index (χ2n) is 10.1. The van der Waals surface area contributed by atoms with Gasteiger partial charge in [0.15, 0.2) is 0 Å². The maximum atomic E-state index is 11.8. The van der Waals surface area contributed by atoms with E-state index in [4.69, 9.17) is 15.6 Å². The first-order chi connectivity index (χ1) is 20.4. The van der Waals surface area contributed by atoms with E-state index in [9.17, 15) is 19.5 Å². The molecule has 0 fully saturated rings. The van der Waals surface area contributed by atoms with E-state index >= 15 is 0 Å². The minimum absolute atomic E-state index is 0.0671. The molecule has 0 radical (unpaired) electrons. The second kappa shape index (κ2) is 18.9. The maximum Gasteiger partial charge on any atom is 0.331 e. The van der Waals surface area contributed by atoms with E-state index in [2.05, 4.69) is 11.9 Å². The fourth-order valence-electron chi connectivity index (χ4n) is 4.04. The number of carbonyl (C=O) groups is 3. The van der Waals surface area contributed by atoms with Gasteiger partial charge in [0.05, 0.1) is 14.1 Å². The molecular weight excluding hydrogens is 548 g/mol. The van der Waals surface area contributed by atoms with Crippen LogP contribution < -0.4 is 26.0 Å². The summed E-state index contributed by atoms with van der Waals surface area (Å²) in [5.41, 5.74) is 9.86. The van der Waals surface area contributed by atoms with Crippen LogP contribution in [0.15, 0.2) is 83.7 Å². The average molecular weight is 596 g/mol. The van der Waals surface area contributed by atoms with Crippen LogP contribution in [0.1, 0.15) is 45.1 Å². The number of allylic oxidation sites excluding steroid dienone is 8. The molecule has 234 valence electrons. The van der Waals surface area contributed by atoms with Crippen LogP contribution in [0.5, 0.6) is 5.75 Å². The zero-order valence-electron chi connectivity index (χ0n) is 26.1. The molecule has 3 rings (SSSR count). The minimum Gasteiger partial charge on any atom is -0.480 e. The van der Waals surface area contributed by atoms with Crippen molar-refractivity contribution in [1.29, 1.82) is 0 Å². The Kier molecular flexibility index (Phi) is 16.1. The number of aliphatic carboxylic acids is 2. The van der Waals surface area contributed by atoms with Crippen molar-refractivity contribution in [1.82, 2.24) is 5.32 Å². The van der Waals surface area contributed by atoms with Crippen molar-refractivity contribution in [3.05, 3.63) is 89.3 Å². The first kappa shape index (κ1) is 36.6. The molecule has 0 saturated heterocycles. The molecule has 10 nitrogen and oxygen atoms in total. The Hall–Kier alpha value is -4.41. The highest BCUT2D eigenvalue weighted by atomic mass is 16.5. The topological polar surface area (TPSA) is 159 Å². The van der Waals surface area contributed by atoms with E-state index in [1.807, 2.05) is 74.8 Å². The van der Waals surface area contributed by atoms with E-state index in [-0.39, 0.29) is 11.5 Å². The molecule has 0 aromatic heterocycles. The lowest BCUT2D eigenvalue weighted by Crippen LogP contribution is -2.74. The summed E-state index contributed by atoms with van der Waals surface area (Å²) in [4.78, 5) is 34.5. The van der Waals surface area contributed by atoms with Gasteiger partial charge in [-0.3, -0.25) is 9.59 Å². The molecule has 1 heterocycles. The van der Waals surface area contributed by atoms with Gasteiger partial charge in [0, 0.05) is 61.6 Å². The lowest BCUT2D eigenvalue weighted by Gasteiger charge is -2.28. The molecule has 1 aliphatic heterocycles. The van der Waals surface area contributed by atoms with Gasteiger partial charge in [-0.1, -0.05) is 37.0 Å². The molecule has 0 bridgehead atoms. The van der Waals surface area contributed by atoms with Gasteiger partial charge in [0.1, 0.15) is 17.6 Å². The molecule has 0 spiro atoms. The standard InChI is InChI=1S/C23H23NO3.C8H16N2O3.C2H7N/c1-5-6-9-17(15(2)23(25)26)22-18-10-7-8-11-20(18)27-21-14-16(24(3)4)12-13-19(21)22;1-6(11)10-5-3-2-4-7(9)8(12)13;1-3-2/h5-7,9-14H,1,8H2,2-4H3,(H,25,26);7H,2-5,9H2,1H3,(H,10,11)(H,12,13);3H,1-2H3/p+1/b9-6-,17-15-;;/t;7-;/m.0./s1. The Labute approximate surface area is 255 Å². The van der Waals surface area contributed by atoms with Crippen LogP contribution in [-0.4, -0.2) is 68.8 Å². The van der Waals surface area contributed by atoms with Crippen LogP contribution in [0.25, 0.3) is 5.57 Å². The number of amides is 1. The Bertz CT molecular complexity index is 1300. The molecule has 1 aromatic carbocycles. The van der Waals surface area contributed by atoms with Gasteiger partial charge < -0.3 is 36.2 Å². The molecule has 0 unspecified atom stereocenters. The third kappa shape index (κ3) is 11.8. The van der Waals surface area contributed by atoms with Gasteiger partial charge >= 0.3 is 11.9 Å². The van der Waals surface area contributed by atoms with Crippen LogP contribution >= 0.6 is 0 Å². The number of carboxylic acid groups (broad SMARTS) is 2. The van der Waals surface area contributed by atoms with E-state index in [0.717, 1.165) is 46.7 Å². The SMILES string of the molecule is C=C/C=C\C(C1=C2C=CCC=C2Oc2cc(N(C)C)ccc21)=C(/C)C(=O)O.CC(=O)NCCCC[C@H](N)C(=O)O.C[NH2+]C. The number of hydrogen-bond acceptors (Lipinski definition) is 6. The Morgan fingerprint density at radius 2 is 1.86 bits per heavy atom. The number of nitrogens with two attached hydrogens (primary N) is 2. The number of fused-ring (bicyclic) bond motifs is 2. The van der Waals surface area contributed by atoms with Crippen LogP contribution in [0.2, 0.25) is 0 Å². The molecular formula is C33H47N4O6+. The number of rotatable bonds is 11. The third-order valence-corrected chi connectivity index (χ3v) is 6.26. The smallest absolute Gasteiger partial charge is 0.331 e. The number of benzene rings is 1. The summed E-state index contributed by atoms with van der Waals surface area (Å²) < 4.78 is 6.16. The van der Waals surface area contributed by atoms with E-state index < -0.39 is 18.0 Å². The highest BCUT2D eigenvalue weighted by molar-refractivity contribution is 5.99. The van der Waals surface area contributed by atoms with Gasteiger partial charge in [-0.05, 0) is 56.4 Å². The number of nitrogens with zero attached hydrogens (tertiary/aromatic N) is 1. The number of anilines is 1. The Morgan fingerprint density at radius 1 is 1.19 bits per heavy atom. The van der Waals surface area contributed by atoms with Crippen molar-refractivity contribution in [2.45, 2.75) is 45.6 Å². The lowest BCUT2D eigenvalue weighted by molar-refractivity contribution is -0.597. The summed E-state index contributed by atoms with van der Waals surface area (Å²) in [6.07, 6.45) is 14.0. The van der Waals surface area contributed by atoms with Crippen molar-refractivity contribution >= 4 is 29.1 Å². The summed E-state index contributed by atoms with van der Waals surface area (Å²) in [5, 5.41) is 22.7. The monoisotopic (exact) mass is 595 g/mol. The highest BCUT2D eigenvalue weighted by Crippen LogP contribution is 2.45. The van der Waals surface area contributed by atoms with Crippen molar-refractivity contribution in [2.75, 3.05) is 39.6 Å². The third-order valence-electron chi connectivity index (χ3n) is 6.26. The molecule has 1 aliphatic carbocycles. The summed E-state index contributed by atoms with van der Waals surface area (Å²) >= 11 is 0. The van der Waals surface area contributed by atoms with Crippen molar-refractivity contribution in [2.24, 2.45) is 5.73 Å². The Balaban J connectivity index is 0.000000486. The molecule has 1 amide bonds. The van der Waals surface area contributed by atoms with Crippen LogP contribution in [0, 0.1) is 0 Å². The van der Waals surface area contributed by atoms with Crippen molar-refractivity contribution < 1.29 is 34.7 Å². The molecule has 10 heteroatoms. The average Bonchev–Trinajstić information content (AvgIpc) is 2.96. The van der Waals surface area contributed by atoms with Crippen LogP contribution in [0.3, 0.4) is 0 Å². The molecule has 7 N–H and O–H groups in total. The van der Waals surface area contributed by atoms with Gasteiger partial charge in [-0.15, -0.1) is 0 Å². The van der Waals surface area contributed by atoms with Crippen LogP contribution in [0.4, 0.5) is 5.69 Å².